The monoisotopic (exact) mass is 361 g/mol. The highest BCUT2D eigenvalue weighted by atomic mass is 35.5. The number of nitrogens with zero attached hydrogens (tertiary/aromatic N) is 2. The largest absolute Gasteiger partial charge is 0.319 e. The standard InChI is InChI=1S/C18H17Cl2N3O/c1-3-5-14-17(23-10-11(2)8-9-15(23)21-14)18(24)22-13-7-4-6-12(19)16(13)20/h4,6-10H,3,5H2,1-2H3,(H,22,24). The molecule has 0 bridgehead atoms. The molecular weight excluding hydrogens is 345 g/mol. The predicted molar refractivity (Wildman–Crippen MR) is 98.3 cm³/mol. The van der Waals surface area contributed by atoms with Gasteiger partial charge in [-0.3, -0.25) is 9.20 Å². The number of aromatic nitrogens is 2. The zero-order valence-electron chi connectivity index (χ0n) is 13.4. The molecule has 24 heavy (non-hydrogen) atoms. The van der Waals surface area contributed by atoms with Gasteiger partial charge in [-0.1, -0.05) is 48.7 Å². The van der Waals surface area contributed by atoms with Crippen molar-refractivity contribution in [1.29, 1.82) is 0 Å². The van der Waals surface area contributed by atoms with Crippen molar-refractivity contribution in [2.75, 3.05) is 5.32 Å². The lowest BCUT2D eigenvalue weighted by Crippen LogP contribution is -2.16. The molecule has 2 heterocycles. The molecule has 3 rings (SSSR count). The van der Waals surface area contributed by atoms with Crippen LogP contribution in [-0.2, 0) is 6.42 Å². The summed E-state index contributed by atoms with van der Waals surface area (Å²) < 4.78 is 1.83. The number of halogens is 2. The zero-order valence-corrected chi connectivity index (χ0v) is 14.9. The normalized spacial score (nSPS) is 11.0. The third-order valence-corrected chi connectivity index (χ3v) is 4.56. The van der Waals surface area contributed by atoms with Gasteiger partial charge in [-0.05, 0) is 37.1 Å². The summed E-state index contributed by atoms with van der Waals surface area (Å²) in [6, 6.07) is 9.04. The number of aryl methyl sites for hydroxylation is 2. The molecule has 0 atom stereocenters. The highest BCUT2D eigenvalue weighted by Crippen LogP contribution is 2.30. The van der Waals surface area contributed by atoms with Gasteiger partial charge in [0, 0.05) is 6.20 Å². The van der Waals surface area contributed by atoms with Gasteiger partial charge in [-0.2, -0.15) is 0 Å². The van der Waals surface area contributed by atoms with E-state index < -0.39 is 0 Å². The van der Waals surface area contributed by atoms with Crippen LogP contribution in [-0.4, -0.2) is 15.3 Å². The molecule has 2 aromatic heterocycles. The Bertz CT molecular complexity index is 918. The number of carbonyl (C=O) groups is 1. The van der Waals surface area contributed by atoms with E-state index in [1.54, 1.807) is 18.2 Å². The maximum Gasteiger partial charge on any atom is 0.274 e. The fourth-order valence-corrected chi connectivity index (χ4v) is 2.98. The van der Waals surface area contributed by atoms with Gasteiger partial charge in [0.2, 0.25) is 0 Å². The average molecular weight is 362 g/mol. The van der Waals surface area contributed by atoms with E-state index in [0.29, 0.717) is 21.4 Å². The number of imidazole rings is 1. The molecule has 0 spiro atoms. The first-order valence-corrected chi connectivity index (χ1v) is 8.49. The quantitative estimate of drug-likeness (QED) is 0.697. The topological polar surface area (TPSA) is 46.4 Å². The molecule has 4 nitrogen and oxygen atoms in total. The first-order chi connectivity index (χ1) is 11.5. The third-order valence-electron chi connectivity index (χ3n) is 3.74. The lowest BCUT2D eigenvalue weighted by Gasteiger charge is -2.09. The van der Waals surface area contributed by atoms with E-state index in [2.05, 4.69) is 17.2 Å². The van der Waals surface area contributed by atoms with Crippen molar-refractivity contribution in [3.63, 3.8) is 0 Å². The van der Waals surface area contributed by atoms with Crippen molar-refractivity contribution in [2.45, 2.75) is 26.7 Å². The van der Waals surface area contributed by atoms with E-state index in [4.69, 9.17) is 23.2 Å². The fourth-order valence-electron chi connectivity index (χ4n) is 2.63. The summed E-state index contributed by atoms with van der Waals surface area (Å²) >= 11 is 12.2. The molecule has 1 aromatic carbocycles. The van der Waals surface area contributed by atoms with Crippen molar-refractivity contribution in [3.8, 4) is 0 Å². The summed E-state index contributed by atoms with van der Waals surface area (Å²) in [4.78, 5) is 17.5. The summed E-state index contributed by atoms with van der Waals surface area (Å²) in [5, 5.41) is 3.58. The Balaban J connectivity index is 2.06. The molecule has 0 aliphatic heterocycles. The minimum atomic E-state index is -0.249. The Morgan fingerprint density at radius 1 is 1.25 bits per heavy atom. The maximum absolute atomic E-state index is 12.9. The molecule has 3 aromatic rings. The summed E-state index contributed by atoms with van der Waals surface area (Å²) in [7, 11) is 0. The summed E-state index contributed by atoms with van der Waals surface area (Å²) in [6.07, 6.45) is 3.55. The number of hydrogen-bond acceptors (Lipinski definition) is 2. The Morgan fingerprint density at radius 3 is 2.79 bits per heavy atom. The zero-order chi connectivity index (χ0) is 17.3. The van der Waals surface area contributed by atoms with Crippen molar-refractivity contribution in [3.05, 3.63) is 63.5 Å². The van der Waals surface area contributed by atoms with Crippen molar-refractivity contribution in [1.82, 2.24) is 9.38 Å². The SMILES string of the molecule is CCCc1nc2ccc(C)cn2c1C(=O)Nc1cccc(Cl)c1Cl. The second-order valence-electron chi connectivity index (χ2n) is 5.65. The van der Waals surface area contributed by atoms with Crippen molar-refractivity contribution < 1.29 is 4.79 Å². The number of benzene rings is 1. The molecule has 0 radical (unpaired) electrons. The Hall–Kier alpha value is -2.04. The van der Waals surface area contributed by atoms with Gasteiger partial charge in [0.25, 0.3) is 5.91 Å². The van der Waals surface area contributed by atoms with E-state index in [0.717, 1.165) is 29.7 Å². The number of anilines is 1. The van der Waals surface area contributed by atoms with E-state index in [1.807, 2.05) is 29.7 Å². The number of pyridine rings is 1. The Labute approximate surface area is 150 Å². The van der Waals surface area contributed by atoms with Crippen LogP contribution >= 0.6 is 23.2 Å². The summed E-state index contributed by atoms with van der Waals surface area (Å²) in [6.45, 7) is 4.04. The van der Waals surface area contributed by atoms with Crippen LogP contribution in [0.1, 0.15) is 35.1 Å². The number of amides is 1. The van der Waals surface area contributed by atoms with Crippen LogP contribution in [0.15, 0.2) is 36.5 Å². The van der Waals surface area contributed by atoms with Gasteiger partial charge in [0.1, 0.15) is 11.3 Å². The van der Waals surface area contributed by atoms with Crippen molar-refractivity contribution in [2.24, 2.45) is 0 Å². The van der Waals surface area contributed by atoms with Gasteiger partial charge in [0.05, 0.1) is 21.4 Å². The molecular formula is C18H17Cl2N3O. The Kier molecular flexibility index (Phi) is 4.78. The Morgan fingerprint density at radius 2 is 2.04 bits per heavy atom. The minimum Gasteiger partial charge on any atom is -0.319 e. The van der Waals surface area contributed by atoms with E-state index in [1.165, 1.54) is 0 Å². The smallest absolute Gasteiger partial charge is 0.274 e. The van der Waals surface area contributed by atoms with E-state index in [9.17, 15) is 4.79 Å². The lowest BCUT2D eigenvalue weighted by molar-refractivity contribution is 0.102. The molecule has 0 fully saturated rings. The van der Waals surface area contributed by atoms with Gasteiger partial charge in [-0.15, -0.1) is 0 Å². The van der Waals surface area contributed by atoms with E-state index in [-0.39, 0.29) is 5.91 Å². The predicted octanol–water partition coefficient (Wildman–Crippen LogP) is 5.15. The molecule has 0 aliphatic rings. The molecule has 0 aliphatic carbocycles. The lowest BCUT2D eigenvalue weighted by atomic mass is 10.2. The molecule has 0 saturated carbocycles. The number of carbonyl (C=O) groups excluding carboxylic acids is 1. The van der Waals surface area contributed by atoms with Crippen LogP contribution in [0.4, 0.5) is 5.69 Å². The fraction of sp³-hybridized carbons (Fsp3) is 0.222. The van der Waals surface area contributed by atoms with Crippen LogP contribution in [0.2, 0.25) is 10.0 Å². The maximum atomic E-state index is 12.9. The minimum absolute atomic E-state index is 0.249. The third kappa shape index (κ3) is 3.12. The second-order valence-corrected chi connectivity index (χ2v) is 6.43. The van der Waals surface area contributed by atoms with Gasteiger partial charge in [0.15, 0.2) is 0 Å². The van der Waals surface area contributed by atoms with Crippen LogP contribution in [0.5, 0.6) is 0 Å². The second kappa shape index (κ2) is 6.83. The van der Waals surface area contributed by atoms with Crippen molar-refractivity contribution >= 4 is 40.4 Å². The summed E-state index contributed by atoms with van der Waals surface area (Å²) in [5.41, 5.74) is 3.61. The van der Waals surface area contributed by atoms with E-state index >= 15 is 0 Å². The molecule has 1 amide bonds. The molecule has 6 heteroatoms. The van der Waals surface area contributed by atoms with Gasteiger partial charge in [-0.25, -0.2) is 4.98 Å². The van der Waals surface area contributed by atoms with Gasteiger partial charge >= 0.3 is 0 Å². The number of fused-ring (bicyclic) bond motifs is 1. The summed E-state index contributed by atoms with van der Waals surface area (Å²) in [5.74, 6) is -0.249. The number of hydrogen-bond donors (Lipinski definition) is 1. The average Bonchev–Trinajstić information content (AvgIpc) is 2.89. The highest BCUT2D eigenvalue weighted by molar-refractivity contribution is 6.44. The number of rotatable bonds is 4. The number of nitrogens with one attached hydrogen (secondary N) is 1. The van der Waals surface area contributed by atoms with Crippen LogP contribution in [0.25, 0.3) is 5.65 Å². The molecule has 1 N–H and O–H groups in total. The molecule has 124 valence electrons. The van der Waals surface area contributed by atoms with Gasteiger partial charge < -0.3 is 5.32 Å². The van der Waals surface area contributed by atoms with Crippen LogP contribution in [0, 0.1) is 6.92 Å². The first kappa shape index (κ1) is 16.8. The van der Waals surface area contributed by atoms with Crippen LogP contribution < -0.4 is 5.32 Å². The molecule has 0 unspecified atom stereocenters. The first-order valence-electron chi connectivity index (χ1n) is 7.74. The van der Waals surface area contributed by atoms with Crippen LogP contribution in [0.3, 0.4) is 0 Å². The molecule has 0 saturated heterocycles. The highest BCUT2D eigenvalue weighted by Gasteiger charge is 2.20.